The van der Waals surface area contributed by atoms with Gasteiger partial charge in [0.15, 0.2) is 22.6 Å². The van der Waals surface area contributed by atoms with Gasteiger partial charge in [0.25, 0.3) is 0 Å². The van der Waals surface area contributed by atoms with Gasteiger partial charge in [-0.05, 0) is 231 Å². The summed E-state index contributed by atoms with van der Waals surface area (Å²) in [6, 6.07) is 19.4. The minimum absolute atomic E-state index is 0. The molecule has 10 atom stereocenters. The van der Waals surface area contributed by atoms with Gasteiger partial charge in [-0.3, -0.25) is 19.5 Å². The molecule has 51 heteroatoms. The van der Waals surface area contributed by atoms with Crippen molar-refractivity contribution >= 4 is 295 Å². The zero-order valence-corrected chi connectivity index (χ0v) is 83.4. The summed E-state index contributed by atoms with van der Waals surface area (Å²) in [6.07, 6.45) is -5.57. The van der Waals surface area contributed by atoms with Crippen LogP contribution in [-0.4, -0.2) is 195 Å². The normalized spacial score (nSPS) is 19.8. The van der Waals surface area contributed by atoms with E-state index >= 15 is 0 Å². The molecule has 5 aliphatic rings. The Morgan fingerprint density at radius 3 is 1.03 bits per heavy atom. The lowest BCUT2D eigenvalue weighted by Crippen LogP contribution is -2.45. The van der Waals surface area contributed by atoms with E-state index < -0.39 is 90.0 Å². The Morgan fingerprint density at radius 1 is 0.431 bits per heavy atom. The number of fused-ring (bicyclic) bond motifs is 4. The van der Waals surface area contributed by atoms with E-state index in [1.54, 1.807) is 98.7 Å². The second-order valence-corrected chi connectivity index (χ2v) is 39.6. The van der Waals surface area contributed by atoms with Crippen molar-refractivity contribution in [2.75, 3.05) is 55.2 Å². The summed E-state index contributed by atoms with van der Waals surface area (Å²) in [5.41, 5.74) is 20.9. The highest BCUT2D eigenvalue weighted by molar-refractivity contribution is 9.11. The van der Waals surface area contributed by atoms with Crippen molar-refractivity contribution in [3.05, 3.63) is 124 Å². The summed E-state index contributed by atoms with van der Waals surface area (Å²) >= 11 is 43.7. The number of H-pyrrole nitrogens is 4. The lowest BCUT2D eigenvalue weighted by molar-refractivity contribution is -0.120. The number of imidazole rings is 4. The largest absolute Gasteiger partial charge is 0.444 e. The van der Waals surface area contributed by atoms with E-state index in [0.29, 0.717) is 95.8 Å². The molecular formula is C72H92Br6F5N23O7S10. The number of anilines is 4. The number of nitrogen functional groups attached to an aromatic ring is 3. The van der Waals surface area contributed by atoms with E-state index in [9.17, 15) is 41.1 Å². The molecule has 0 radical (unpaired) electrons. The molecule has 0 spiro atoms. The number of carbonyl (C=O) groups excluding carboxylic acids is 4. The number of hydrogen-bond donors (Lipinski definition) is 10. The molecule has 5 aliphatic heterocycles. The maximum absolute atomic E-state index is 13.9. The molecule has 5 saturated heterocycles. The molecule has 15 heterocycles. The highest BCUT2D eigenvalue weighted by Crippen LogP contribution is 2.37. The van der Waals surface area contributed by atoms with Crippen LogP contribution in [0.1, 0.15) is 157 Å². The fraction of sp³-hybridized carbons (Fsp3) is 0.472. The van der Waals surface area contributed by atoms with E-state index in [4.69, 9.17) is 31.4 Å². The topological polar surface area (TPSA) is 412 Å². The number of rotatable bonds is 6. The summed E-state index contributed by atoms with van der Waals surface area (Å²) < 4.78 is 87.7. The Hall–Kier alpha value is -5.76. The van der Waals surface area contributed by atoms with Crippen LogP contribution >= 0.6 is 109 Å². The molecule has 4 amide bonds. The first-order valence-corrected chi connectivity index (χ1v) is 48.6. The maximum atomic E-state index is 13.9. The Labute approximate surface area is 803 Å². The molecule has 0 saturated carbocycles. The number of aromatic nitrogens is 14. The lowest BCUT2D eigenvalue weighted by Gasteiger charge is -2.27. The predicted octanol–water partition coefficient (Wildman–Crippen LogP) is 16.8. The zero-order valence-electron chi connectivity index (χ0n) is 65.5. The van der Waals surface area contributed by atoms with Gasteiger partial charge in [-0.1, -0.05) is 14.9 Å². The van der Waals surface area contributed by atoms with E-state index in [1.807, 2.05) is 36.4 Å². The van der Waals surface area contributed by atoms with Gasteiger partial charge in [-0.15, -0.1) is 0 Å². The van der Waals surface area contributed by atoms with Crippen LogP contribution in [0.25, 0.3) is 44.7 Å². The minimum atomic E-state index is -1.28. The average molecular weight is 2290 g/mol. The fourth-order valence-corrected chi connectivity index (χ4v) is 13.8. The van der Waals surface area contributed by atoms with Crippen molar-refractivity contribution in [1.29, 1.82) is 0 Å². The lowest BCUT2D eigenvalue weighted by atomic mass is 10.2. The average Bonchev–Trinajstić information content (AvgIpc) is 1.65. The Kier molecular flexibility index (Phi) is 45.3. The molecule has 15 rings (SSSR count). The smallest absolute Gasteiger partial charge is 0.411 e. The van der Waals surface area contributed by atoms with Crippen molar-refractivity contribution in [3.8, 4) is 0 Å². The van der Waals surface area contributed by atoms with Crippen molar-refractivity contribution in [3.63, 3.8) is 0 Å². The molecule has 674 valence electrons. The number of likely N-dealkylation sites (tertiary alicyclic amines) is 3. The van der Waals surface area contributed by atoms with E-state index in [1.165, 1.54) is 27.6 Å². The standard InChI is InChI=1S/C15H20BrFN4O3.2C15H18BrFN4O2.2C10H10BrFN4.C5H6BrN3.2CH4.S4.S3.S2.H2S/c1-15(2,3)24-14(23)21-7-8(17)6-10(21)13(22)19-9-4-5-11(16)20-12(9)18;2*1-15(2,3)23-14(22)21-7-8(17)6-10(21)13-18-9-4-5-11(16)19-12(9)20-13;2*11-8-2-1-6-9(15-8)16-10(14-6)7-3-5(12)4-13-7;6-4-2-1-3(7)5(8)9-4;;;1-3-4-2;1-3-2;1-2;/h4-5,8,10H,6-7H2,1-3H3,(H2,18,20)(H,19,22);2*4-5,8,10H,6-7H2,1-3H3,(H,18,19,20);2*1-2,5,7,13H,3-4H2,(H,14,15,16);1-2H,7H2,(H2,8,9);2*1H4;;;;1H2/t2*8-,10+;8-,10-;5-,7+;5-,7-;;;;;;;/m11111......./s1. The van der Waals surface area contributed by atoms with E-state index in [-0.39, 0.29) is 85.1 Å². The summed E-state index contributed by atoms with van der Waals surface area (Å²) in [4.78, 5) is 108. The Morgan fingerprint density at radius 2 is 0.724 bits per heavy atom. The highest BCUT2D eigenvalue weighted by Gasteiger charge is 2.44. The maximum Gasteiger partial charge on any atom is 0.411 e. The predicted molar refractivity (Wildman–Crippen MR) is 519 cm³/mol. The van der Waals surface area contributed by atoms with Gasteiger partial charge in [0, 0.05) is 139 Å². The van der Waals surface area contributed by atoms with Gasteiger partial charge >= 0.3 is 18.3 Å². The van der Waals surface area contributed by atoms with Crippen molar-refractivity contribution in [2.45, 2.75) is 187 Å². The number of nitrogens with two attached hydrogens (primary N) is 3. The third-order valence-corrected chi connectivity index (χ3v) is 21.7. The summed E-state index contributed by atoms with van der Waals surface area (Å²) in [7, 11) is 3.26. The summed E-state index contributed by atoms with van der Waals surface area (Å²) in [5.74, 6) is 2.53. The minimum Gasteiger partial charge on any atom is -0.444 e. The first-order valence-electron chi connectivity index (χ1n) is 35.8. The van der Waals surface area contributed by atoms with Gasteiger partial charge in [-0.2, -0.15) is 13.5 Å². The van der Waals surface area contributed by atoms with Gasteiger partial charge < -0.3 is 67.3 Å². The molecule has 123 heavy (non-hydrogen) atoms. The van der Waals surface area contributed by atoms with E-state index in [0.717, 1.165) is 56.7 Å². The molecule has 10 aromatic heterocycles. The number of nitrogens with one attached hydrogen (secondary N) is 7. The quantitative estimate of drug-likeness (QED) is 0.0420. The molecule has 10 aromatic rings. The van der Waals surface area contributed by atoms with Crippen LogP contribution in [0.5, 0.6) is 0 Å². The van der Waals surface area contributed by atoms with Crippen LogP contribution in [0.2, 0.25) is 0 Å². The molecule has 5 fully saturated rings. The Bertz CT molecular complexity index is 5090. The number of pyridine rings is 6. The van der Waals surface area contributed by atoms with Gasteiger partial charge in [0.2, 0.25) is 5.91 Å². The SMILES string of the molecule is C.C.CC(C)(C)OC(=O)N1C[C@H](F)C[C@@H]1c1nc2nc(Br)ccc2[nH]1.CC(C)(C)OC(=O)N1C[C@H](F)C[C@H]1C(=O)Nc1ccc(Br)nc1N.CC(C)(C)OC(=O)N1C[C@H](F)C[C@H]1c1nc2nc(Br)ccc2[nH]1.F[C@H]1CN[C@@H](c2nc3nc(Br)ccc3[nH]2)C1.F[C@H]1CN[C@H](c2nc3nc(Br)ccc3[nH]2)C1.Nc1ccc(Br)nc1N.S.S=S.S=S=S.S=S=S=S. The van der Waals surface area contributed by atoms with Gasteiger partial charge in [0.1, 0.15) is 116 Å². The molecule has 0 aromatic carbocycles. The molecule has 30 nitrogen and oxygen atoms in total. The van der Waals surface area contributed by atoms with Gasteiger partial charge in [-0.25, -0.2) is 86.2 Å². The van der Waals surface area contributed by atoms with Gasteiger partial charge in [0.05, 0.1) is 77.2 Å². The van der Waals surface area contributed by atoms with Crippen molar-refractivity contribution < 1.29 is 55.3 Å². The summed E-state index contributed by atoms with van der Waals surface area (Å²) in [6.45, 7) is 16.5. The van der Waals surface area contributed by atoms with Crippen LogP contribution < -0.4 is 33.2 Å². The third kappa shape index (κ3) is 34.3. The number of carbonyl (C=O) groups is 4. The summed E-state index contributed by atoms with van der Waals surface area (Å²) in [5, 5.41) is 8.76. The molecule has 13 N–H and O–H groups in total. The molecule has 0 aliphatic carbocycles. The first-order chi connectivity index (χ1) is 56.5. The number of amides is 4. The van der Waals surface area contributed by atoms with Crippen LogP contribution in [0.15, 0.2) is 100 Å². The number of ether oxygens (including phenoxy) is 3. The van der Waals surface area contributed by atoms with Crippen molar-refractivity contribution in [1.82, 2.24) is 95.1 Å². The van der Waals surface area contributed by atoms with Crippen LogP contribution in [-0.2, 0) is 113 Å². The zero-order chi connectivity index (χ0) is 88.8. The molecule has 0 unspecified atom stereocenters. The second-order valence-electron chi connectivity index (χ2n) is 29.4. The number of alkyl halides is 5. The second kappa shape index (κ2) is 50.8. The number of aromatic amines is 4. The van der Waals surface area contributed by atoms with Crippen LogP contribution in [0.4, 0.5) is 59.3 Å². The van der Waals surface area contributed by atoms with Crippen LogP contribution in [0, 0.1) is 0 Å². The molecular weight excluding hydrogens is 2190 g/mol. The first kappa shape index (κ1) is 110. The Balaban J connectivity index is 0.000000307. The van der Waals surface area contributed by atoms with Crippen molar-refractivity contribution in [2.24, 2.45) is 0 Å². The molecule has 0 bridgehead atoms. The monoisotopic (exact) mass is 2280 g/mol. The van der Waals surface area contributed by atoms with E-state index in [2.05, 4.69) is 248 Å². The number of nitrogens with zero attached hydrogens (tertiary/aromatic N) is 13. The van der Waals surface area contributed by atoms with Crippen LogP contribution in [0.3, 0.4) is 0 Å². The highest BCUT2D eigenvalue weighted by atomic mass is 79.9. The number of hydrogen-bond acceptors (Lipinski definition) is 28. The fourth-order valence-electron chi connectivity index (χ4n) is 11.9. The number of halogens is 11. The third-order valence-electron chi connectivity index (χ3n) is 16.8.